The number of aromatic nitrogens is 2. The van der Waals surface area contributed by atoms with Gasteiger partial charge in [0.05, 0.1) is 22.9 Å². The van der Waals surface area contributed by atoms with Crippen LogP contribution in [-0.2, 0) is 23.9 Å². The molecule has 4 rings (SSSR count). The third-order valence-corrected chi connectivity index (χ3v) is 5.84. The summed E-state index contributed by atoms with van der Waals surface area (Å²) < 4.78 is 40.4. The molecule has 0 aliphatic rings. The van der Waals surface area contributed by atoms with Crippen LogP contribution < -0.4 is 4.90 Å². The average molecular weight is 451 g/mol. The van der Waals surface area contributed by atoms with E-state index in [9.17, 15) is 18.0 Å². The van der Waals surface area contributed by atoms with Crippen LogP contribution >= 0.6 is 0 Å². The molecular formula is C26H24F3N3O. The van der Waals surface area contributed by atoms with Crippen molar-refractivity contribution in [2.24, 2.45) is 0 Å². The van der Waals surface area contributed by atoms with E-state index in [2.05, 4.69) is 4.98 Å². The zero-order valence-electron chi connectivity index (χ0n) is 18.4. The standard InChI is InChI=1S/C26H24F3N3O/c1-18-7-12-22(15-19(18)2)32(14-13-20-8-10-21(11-9-20)26(27,28)29)25(33)16-31-17-30-23-5-3-4-6-24(23)31/h3-12,15,17H,13-14,16H2,1-2H3. The molecular weight excluding hydrogens is 427 g/mol. The monoisotopic (exact) mass is 451 g/mol. The molecule has 1 heterocycles. The fraction of sp³-hybridized carbons (Fsp3) is 0.231. The molecule has 33 heavy (non-hydrogen) atoms. The quantitative estimate of drug-likeness (QED) is 0.363. The molecule has 0 saturated carbocycles. The number of hydrogen-bond acceptors (Lipinski definition) is 2. The Morgan fingerprint density at radius 3 is 2.39 bits per heavy atom. The molecule has 3 aromatic carbocycles. The van der Waals surface area contributed by atoms with E-state index in [0.29, 0.717) is 13.0 Å². The molecule has 0 fully saturated rings. The van der Waals surface area contributed by atoms with Crippen LogP contribution in [0.3, 0.4) is 0 Å². The number of anilines is 1. The average Bonchev–Trinajstić information content (AvgIpc) is 3.19. The van der Waals surface area contributed by atoms with Gasteiger partial charge in [0.2, 0.25) is 5.91 Å². The Bertz CT molecular complexity index is 1280. The zero-order valence-corrected chi connectivity index (χ0v) is 18.4. The van der Waals surface area contributed by atoms with Gasteiger partial charge < -0.3 is 9.47 Å². The van der Waals surface area contributed by atoms with Gasteiger partial charge in [-0.3, -0.25) is 4.79 Å². The number of benzene rings is 3. The van der Waals surface area contributed by atoms with Crippen molar-refractivity contribution in [3.8, 4) is 0 Å². The number of fused-ring (bicyclic) bond motifs is 1. The molecule has 0 aliphatic carbocycles. The summed E-state index contributed by atoms with van der Waals surface area (Å²) in [5, 5.41) is 0. The Labute approximate surface area is 190 Å². The number of amides is 1. The van der Waals surface area contributed by atoms with Crippen molar-refractivity contribution in [2.75, 3.05) is 11.4 Å². The van der Waals surface area contributed by atoms with Crippen molar-refractivity contribution >= 4 is 22.6 Å². The summed E-state index contributed by atoms with van der Waals surface area (Å²) in [5.41, 5.74) is 4.68. The molecule has 170 valence electrons. The number of alkyl halides is 3. The van der Waals surface area contributed by atoms with Gasteiger partial charge in [0.25, 0.3) is 0 Å². The molecule has 0 radical (unpaired) electrons. The number of aryl methyl sites for hydroxylation is 2. The zero-order chi connectivity index (χ0) is 23.6. The van der Waals surface area contributed by atoms with Crippen LogP contribution in [-0.4, -0.2) is 22.0 Å². The number of imidazole rings is 1. The third kappa shape index (κ3) is 5.08. The molecule has 0 saturated heterocycles. The van der Waals surface area contributed by atoms with Crippen molar-refractivity contribution in [2.45, 2.75) is 33.0 Å². The summed E-state index contributed by atoms with van der Waals surface area (Å²) in [7, 11) is 0. The maximum Gasteiger partial charge on any atom is 0.416 e. The molecule has 4 nitrogen and oxygen atoms in total. The lowest BCUT2D eigenvalue weighted by atomic mass is 10.1. The molecule has 0 unspecified atom stereocenters. The first-order chi connectivity index (χ1) is 15.7. The Kier molecular flexibility index (Phi) is 6.22. The highest BCUT2D eigenvalue weighted by atomic mass is 19.4. The van der Waals surface area contributed by atoms with Crippen LogP contribution in [0.1, 0.15) is 22.3 Å². The fourth-order valence-corrected chi connectivity index (χ4v) is 3.76. The van der Waals surface area contributed by atoms with E-state index in [0.717, 1.165) is 45.5 Å². The minimum atomic E-state index is -4.37. The van der Waals surface area contributed by atoms with E-state index < -0.39 is 11.7 Å². The summed E-state index contributed by atoms with van der Waals surface area (Å²) in [5.74, 6) is -0.117. The molecule has 0 N–H and O–H groups in total. The lowest BCUT2D eigenvalue weighted by Gasteiger charge is -2.24. The first-order valence-corrected chi connectivity index (χ1v) is 10.7. The van der Waals surface area contributed by atoms with Gasteiger partial charge in [0.1, 0.15) is 6.54 Å². The second kappa shape index (κ2) is 9.10. The number of nitrogens with zero attached hydrogens (tertiary/aromatic N) is 3. The Morgan fingerprint density at radius 2 is 1.70 bits per heavy atom. The SMILES string of the molecule is Cc1ccc(N(CCc2ccc(C(F)(F)F)cc2)C(=O)Cn2cnc3ccccc32)cc1C. The van der Waals surface area contributed by atoms with E-state index in [1.165, 1.54) is 12.1 Å². The molecule has 0 spiro atoms. The lowest BCUT2D eigenvalue weighted by Crippen LogP contribution is -2.35. The summed E-state index contributed by atoms with van der Waals surface area (Å²) in [6.45, 7) is 4.45. The van der Waals surface area contributed by atoms with Crippen LogP contribution in [0.5, 0.6) is 0 Å². The van der Waals surface area contributed by atoms with E-state index in [1.54, 1.807) is 11.2 Å². The smallest absolute Gasteiger partial charge is 0.321 e. The molecule has 1 amide bonds. The normalized spacial score (nSPS) is 11.7. The second-order valence-electron chi connectivity index (χ2n) is 8.12. The summed E-state index contributed by atoms with van der Waals surface area (Å²) in [6, 6.07) is 18.5. The number of rotatable bonds is 6. The van der Waals surface area contributed by atoms with E-state index in [1.807, 2.05) is 60.9 Å². The van der Waals surface area contributed by atoms with Gasteiger partial charge in [-0.2, -0.15) is 13.2 Å². The number of carbonyl (C=O) groups excluding carboxylic acids is 1. The van der Waals surface area contributed by atoms with Crippen LogP contribution in [0.4, 0.5) is 18.9 Å². The predicted molar refractivity (Wildman–Crippen MR) is 123 cm³/mol. The van der Waals surface area contributed by atoms with Gasteiger partial charge in [-0.05, 0) is 73.4 Å². The summed E-state index contributed by atoms with van der Waals surface area (Å²) in [4.78, 5) is 19.4. The minimum absolute atomic E-state index is 0.112. The maximum absolute atomic E-state index is 13.4. The molecule has 0 aliphatic heterocycles. The highest BCUT2D eigenvalue weighted by Gasteiger charge is 2.30. The van der Waals surface area contributed by atoms with Crippen molar-refractivity contribution < 1.29 is 18.0 Å². The summed E-state index contributed by atoms with van der Waals surface area (Å²) >= 11 is 0. The minimum Gasteiger partial charge on any atom is -0.321 e. The van der Waals surface area contributed by atoms with Gasteiger partial charge in [-0.15, -0.1) is 0 Å². The van der Waals surface area contributed by atoms with Gasteiger partial charge in [-0.1, -0.05) is 30.3 Å². The molecule has 7 heteroatoms. The molecule has 0 atom stereocenters. The van der Waals surface area contributed by atoms with Gasteiger partial charge in [-0.25, -0.2) is 4.98 Å². The topological polar surface area (TPSA) is 38.1 Å². The number of halogens is 3. The predicted octanol–water partition coefficient (Wildman–Crippen LogP) is 5.95. The van der Waals surface area contributed by atoms with Crippen LogP contribution in [0.15, 0.2) is 73.1 Å². The summed E-state index contributed by atoms with van der Waals surface area (Å²) in [6.07, 6.45) is -2.29. The number of hydrogen-bond donors (Lipinski definition) is 0. The van der Waals surface area contributed by atoms with Gasteiger partial charge >= 0.3 is 6.18 Å². The Hall–Kier alpha value is -3.61. The second-order valence-corrected chi connectivity index (χ2v) is 8.12. The van der Waals surface area contributed by atoms with Gasteiger partial charge in [0, 0.05) is 12.2 Å². The largest absolute Gasteiger partial charge is 0.416 e. The van der Waals surface area contributed by atoms with Crippen molar-refractivity contribution in [3.63, 3.8) is 0 Å². The van der Waals surface area contributed by atoms with Crippen molar-refractivity contribution in [1.29, 1.82) is 0 Å². The van der Waals surface area contributed by atoms with Crippen LogP contribution in [0, 0.1) is 13.8 Å². The molecule has 4 aromatic rings. The third-order valence-electron chi connectivity index (χ3n) is 5.84. The van der Waals surface area contributed by atoms with Gasteiger partial charge in [0.15, 0.2) is 0 Å². The number of para-hydroxylation sites is 2. The Morgan fingerprint density at radius 1 is 0.970 bits per heavy atom. The van der Waals surface area contributed by atoms with Crippen molar-refractivity contribution in [1.82, 2.24) is 9.55 Å². The highest BCUT2D eigenvalue weighted by Crippen LogP contribution is 2.29. The van der Waals surface area contributed by atoms with Crippen molar-refractivity contribution in [3.05, 3.63) is 95.3 Å². The molecule has 1 aromatic heterocycles. The van der Waals surface area contributed by atoms with Crippen LogP contribution in [0.25, 0.3) is 11.0 Å². The van der Waals surface area contributed by atoms with E-state index >= 15 is 0 Å². The fourth-order valence-electron chi connectivity index (χ4n) is 3.76. The lowest BCUT2D eigenvalue weighted by molar-refractivity contribution is -0.137. The Balaban J connectivity index is 1.57. The number of carbonyl (C=O) groups is 1. The maximum atomic E-state index is 13.4. The first kappa shape index (κ1) is 22.6. The molecule has 0 bridgehead atoms. The first-order valence-electron chi connectivity index (χ1n) is 10.7. The van der Waals surface area contributed by atoms with E-state index in [4.69, 9.17) is 0 Å². The van der Waals surface area contributed by atoms with Crippen LogP contribution in [0.2, 0.25) is 0 Å². The highest BCUT2D eigenvalue weighted by molar-refractivity contribution is 5.94. The van der Waals surface area contributed by atoms with E-state index in [-0.39, 0.29) is 12.5 Å².